The predicted octanol–water partition coefficient (Wildman–Crippen LogP) is 3.71. The van der Waals surface area contributed by atoms with Crippen LogP contribution >= 0.6 is 11.8 Å². The lowest BCUT2D eigenvalue weighted by Gasteiger charge is -2.19. The molecule has 1 saturated carbocycles. The highest BCUT2D eigenvalue weighted by Crippen LogP contribution is 2.33. The fourth-order valence-electron chi connectivity index (χ4n) is 2.54. The number of nitrogens with zero attached hydrogens (tertiary/aromatic N) is 2. The second-order valence-electron chi connectivity index (χ2n) is 5.29. The van der Waals surface area contributed by atoms with E-state index < -0.39 is 0 Å². The fraction of sp³-hybridized carbons (Fsp3) is 0.467. The molecule has 0 spiro atoms. The van der Waals surface area contributed by atoms with Crippen LogP contribution < -0.4 is 0 Å². The zero-order chi connectivity index (χ0) is 14.7. The van der Waals surface area contributed by atoms with E-state index in [0.717, 1.165) is 0 Å². The van der Waals surface area contributed by atoms with Gasteiger partial charge in [-0.3, -0.25) is 0 Å². The molecular weight excluding hydrogens is 288 g/mol. The van der Waals surface area contributed by atoms with Gasteiger partial charge in [-0.05, 0) is 31.0 Å². The topological polar surface area (TPSA) is 79.4 Å². The molecule has 0 radical (unpaired) electrons. The van der Waals surface area contributed by atoms with Gasteiger partial charge < -0.3 is 14.7 Å². The first-order valence-electron chi connectivity index (χ1n) is 7.19. The van der Waals surface area contributed by atoms with E-state index in [9.17, 15) is 10.2 Å². The van der Waals surface area contributed by atoms with Crippen LogP contribution in [0.3, 0.4) is 0 Å². The van der Waals surface area contributed by atoms with Gasteiger partial charge in [0.15, 0.2) is 5.82 Å². The van der Waals surface area contributed by atoms with Crippen molar-refractivity contribution >= 4 is 11.8 Å². The third-order valence-corrected chi connectivity index (χ3v) is 5.05. The van der Waals surface area contributed by atoms with Crippen LogP contribution in [0.4, 0.5) is 0 Å². The first kappa shape index (κ1) is 14.3. The molecule has 2 N–H and O–H groups in total. The van der Waals surface area contributed by atoms with E-state index in [4.69, 9.17) is 4.52 Å². The Balaban J connectivity index is 1.66. The van der Waals surface area contributed by atoms with Crippen LogP contribution in [0.15, 0.2) is 22.7 Å². The number of thioether (sulfide) groups is 1. The van der Waals surface area contributed by atoms with Gasteiger partial charge in [-0.2, -0.15) is 16.7 Å². The maximum absolute atomic E-state index is 9.79. The van der Waals surface area contributed by atoms with Crippen molar-refractivity contribution in [1.82, 2.24) is 10.1 Å². The number of rotatable bonds is 4. The van der Waals surface area contributed by atoms with E-state index in [2.05, 4.69) is 10.1 Å². The molecular formula is C15H18N2O3S. The third kappa shape index (κ3) is 3.50. The molecule has 0 atom stereocenters. The number of aromatic nitrogens is 2. The quantitative estimate of drug-likeness (QED) is 0.838. The Labute approximate surface area is 127 Å². The largest absolute Gasteiger partial charge is 0.508 e. The molecule has 0 aliphatic heterocycles. The van der Waals surface area contributed by atoms with Gasteiger partial charge in [0.2, 0.25) is 0 Å². The zero-order valence-electron chi connectivity index (χ0n) is 11.7. The summed E-state index contributed by atoms with van der Waals surface area (Å²) in [6, 6.07) is 4.24. The summed E-state index contributed by atoms with van der Waals surface area (Å²) in [5, 5.41) is 23.9. The van der Waals surface area contributed by atoms with Crippen molar-refractivity contribution in [3.63, 3.8) is 0 Å². The summed E-state index contributed by atoms with van der Waals surface area (Å²) >= 11 is 1.87. The van der Waals surface area contributed by atoms with E-state index in [-0.39, 0.29) is 17.4 Å². The van der Waals surface area contributed by atoms with Gasteiger partial charge in [-0.25, -0.2) is 0 Å². The van der Waals surface area contributed by atoms with Crippen LogP contribution in [0.25, 0.3) is 11.5 Å². The monoisotopic (exact) mass is 306 g/mol. The minimum atomic E-state index is 0.0166. The van der Waals surface area contributed by atoms with E-state index in [1.807, 2.05) is 11.8 Å². The van der Waals surface area contributed by atoms with Crippen LogP contribution in [0, 0.1) is 0 Å². The highest BCUT2D eigenvalue weighted by molar-refractivity contribution is 7.99. The van der Waals surface area contributed by atoms with Crippen molar-refractivity contribution < 1.29 is 14.7 Å². The Morgan fingerprint density at radius 2 is 2.00 bits per heavy atom. The van der Waals surface area contributed by atoms with Gasteiger partial charge in [-0.15, -0.1) is 0 Å². The Morgan fingerprint density at radius 1 is 1.19 bits per heavy atom. The molecule has 1 aliphatic carbocycles. The molecule has 1 aromatic carbocycles. The molecule has 1 fully saturated rings. The minimum Gasteiger partial charge on any atom is -0.508 e. The second-order valence-corrected chi connectivity index (χ2v) is 6.58. The lowest BCUT2D eigenvalue weighted by atomic mass is 10.0. The van der Waals surface area contributed by atoms with Crippen molar-refractivity contribution in [3.8, 4) is 23.0 Å². The van der Waals surface area contributed by atoms with Crippen molar-refractivity contribution in [3.05, 3.63) is 24.0 Å². The molecule has 112 valence electrons. The molecule has 5 nitrogen and oxygen atoms in total. The molecule has 1 aliphatic rings. The fourth-order valence-corrected chi connectivity index (χ4v) is 3.71. The first-order valence-corrected chi connectivity index (χ1v) is 8.24. The maximum Gasteiger partial charge on any atom is 0.261 e. The number of phenolic OH excluding ortho intramolecular Hbond substituents is 2. The SMILES string of the molecule is Oc1ccc(O)c(-c2nc(CSC3CCCCC3)no2)c1. The summed E-state index contributed by atoms with van der Waals surface area (Å²) in [5.41, 5.74) is 0.358. The number of hydrogen-bond acceptors (Lipinski definition) is 6. The maximum atomic E-state index is 9.79. The van der Waals surface area contributed by atoms with E-state index in [1.165, 1.54) is 50.3 Å². The van der Waals surface area contributed by atoms with Crippen LogP contribution in [-0.2, 0) is 5.75 Å². The average molecular weight is 306 g/mol. The van der Waals surface area contributed by atoms with Gasteiger partial charge in [-0.1, -0.05) is 24.4 Å². The lowest BCUT2D eigenvalue weighted by molar-refractivity contribution is 0.418. The Morgan fingerprint density at radius 3 is 2.81 bits per heavy atom. The van der Waals surface area contributed by atoms with Crippen molar-refractivity contribution in [1.29, 1.82) is 0 Å². The number of hydrogen-bond donors (Lipinski definition) is 2. The zero-order valence-corrected chi connectivity index (χ0v) is 12.5. The normalized spacial score (nSPS) is 16.2. The Hall–Kier alpha value is -1.69. The molecule has 0 amide bonds. The summed E-state index contributed by atoms with van der Waals surface area (Å²) in [7, 11) is 0. The van der Waals surface area contributed by atoms with Gasteiger partial charge in [0.25, 0.3) is 5.89 Å². The van der Waals surface area contributed by atoms with Crippen molar-refractivity contribution in [2.45, 2.75) is 43.1 Å². The Bertz CT molecular complexity index is 609. The minimum absolute atomic E-state index is 0.0166. The van der Waals surface area contributed by atoms with Crippen LogP contribution in [-0.4, -0.2) is 25.6 Å². The molecule has 1 heterocycles. The van der Waals surface area contributed by atoms with Gasteiger partial charge in [0.05, 0.1) is 11.3 Å². The standard InChI is InChI=1S/C15H18N2O3S/c18-10-6-7-13(19)12(8-10)15-16-14(17-20-15)9-21-11-4-2-1-3-5-11/h6-8,11,18-19H,1-5,9H2. The summed E-state index contributed by atoms with van der Waals surface area (Å²) in [6.45, 7) is 0. The molecule has 2 aromatic rings. The molecule has 21 heavy (non-hydrogen) atoms. The van der Waals surface area contributed by atoms with E-state index in [1.54, 1.807) is 0 Å². The van der Waals surface area contributed by atoms with Crippen LogP contribution in [0.5, 0.6) is 11.5 Å². The smallest absolute Gasteiger partial charge is 0.261 e. The molecule has 0 saturated heterocycles. The molecule has 0 bridgehead atoms. The Kier molecular flexibility index (Phi) is 4.34. The van der Waals surface area contributed by atoms with Gasteiger partial charge in [0, 0.05) is 5.25 Å². The number of benzene rings is 1. The summed E-state index contributed by atoms with van der Waals surface area (Å²) < 4.78 is 5.18. The van der Waals surface area contributed by atoms with Crippen molar-refractivity contribution in [2.24, 2.45) is 0 Å². The predicted molar refractivity (Wildman–Crippen MR) is 81.2 cm³/mol. The van der Waals surface area contributed by atoms with E-state index >= 15 is 0 Å². The summed E-state index contributed by atoms with van der Waals surface area (Å²) in [5.74, 6) is 1.65. The summed E-state index contributed by atoms with van der Waals surface area (Å²) in [6.07, 6.45) is 6.50. The number of aromatic hydroxyl groups is 2. The molecule has 0 unspecified atom stereocenters. The summed E-state index contributed by atoms with van der Waals surface area (Å²) in [4.78, 5) is 4.30. The molecule has 1 aromatic heterocycles. The number of phenols is 2. The second kappa shape index (κ2) is 6.39. The van der Waals surface area contributed by atoms with Gasteiger partial charge in [0.1, 0.15) is 11.5 Å². The average Bonchev–Trinajstić information content (AvgIpc) is 2.97. The van der Waals surface area contributed by atoms with Crippen LogP contribution in [0.1, 0.15) is 37.9 Å². The molecule has 3 rings (SSSR count). The van der Waals surface area contributed by atoms with Crippen molar-refractivity contribution in [2.75, 3.05) is 0 Å². The van der Waals surface area contributed by atoms with Gasteiger partial charge >= 0.3 is 0 Å². The van der Waals surface area contributed by atoms with Crippen LogP contribution in [0.2, 0.25) is 0 Å². The first-order chi connectivity index (χ1) is 10.2. The molecule has 6 heteroatoms. The van der Waals surface area contributed by atoms with E-state index in [0.29, 0.717) is 22.4 Å². The highest BCUT2D eigenvalue weighted by Gasteiger charge is 2.17. The highest BCUT2D eigenvalue weighted by atomic mass is 32.2. The lowest BCUT2D eigenvalue weighted by Crippen LogP contribution is -2.08. The third-order valence-electron chi connectivity index (χ3n) is 3.68.